The molecule has 2 unspecified atom stereocenters. The molecule has 2 heterocycles. The molecule has 2 aromatic heterocycles. The third-order valence-electron chi connectivity index (χ3n) is 11.2. The first-order valence-electron chi connectivity index (χ1n) is 21.9. The summed E-state index contributed by atoms with van der Waals surface area (Å²) in [4.78, 5) is 59.9. The minimum Gasteiger partial charge on any atom is -0.509 e. The summed E-state index contributed by atoms with van der Waals surface area (Å²) in [5.74, 6) is -4.27. The smallest absolute Gasteiger partial charge is 0.341 e. The monoisotopic (exact) mass is 936 g/mol. The first-order chi connectivity index (χ1) is 29.7. The molecule has 0 aliphatic carbocycles. The van der Waals surface area contributed by atoms with Crippen LogP contribution in [0, 0.1) is 13.8 Å². The Kier molecular flexibility index (Phi) is 17.4. The fourth-order valence-electron chi connectivity index (χ4n) is 9.66. The Morgan fingerprint density at radius 1 is 0.692 bits per heavy atom. The second-order valence-corrected chi connectivity index (χ2v) is 24.9. The molecular formula is C50H72N4O9S2. The number of carbonyl (C=O) groups excluding carboxylic acids is 4. The van der Waals surface area contributed by atoms with E-state index in [1.165, 1.54) is 0 Å². The number of aromatic nitrogens is 2. The van der Waals surface area contributed by atoms with E-state index in [1.807, 2.05) is 61.0 Å². The summed E-state index contributed by atoms with van der Waals surface area (Å²) < 4.78 is 15.5. The third-order valence-corrected chi connectivity index (χ3v) is 13.9. The highest BCUT2D eigenvalue weighted by Crippen LogP contribution is 2.51. The van der Waals surface area contributed by atoms with E-state index < -0.39 is 36.0 Å². The molecule has 2 amide bonds. The van der Waals surface area contributed by atoms with Crippen LogP contribution in [0.3, 0.4) is 0 Å². The highest BCUT2D eigenvalue weighted by atomic mass is 32.2. The van der Waals surface area contributed by atoms with Crippen molar-refractivity contribution in [3.8, 4) is 11.5 Å². The number of benzene rings is 2. The van der Waals surface area contributed by atoms with Crippen LogP contribution in [0.25, 0.3) is 21.8 Å². The molecule has 0 saturated heterocycles. The van der Waals surface area contributed by atoms with E-state index in [0.29, 0.717) is 33.4 Å². The molecule has 0 spiro atoms. The Labute approximate surface area is 393 Å². The second-order valence-electron chi connectivity index (χ2n) is 19.9. The number of thioether (sulfide) groups is 2. The lowest BCUT2D eigenvalue weighted by molar-refractivity contribution is -0.139. The molecular weight excluding hydrogens is 865 g/mol. The zero-order chi connectivity index (χ0) is 49.8. The molecule has 0 aliphatic rings. The van der Waals surface area contributed by atoms with E-state index in [2.05, 4.69) is 87.3 Å². The molecule has 4 rings (SSSR count). The van der Waals surface area contributed by atoms with Gasteiger partial charge in [0.2, 0.25) is 0 Å². The van der Waals surface area contributed by atoms with Crippen LogP contribution in [0.5, 0.6) is 11.5 Å². The lowest BCUT2D eigenvalue weighted by Crippen LogP contribution is -2.40. The van der Waals surface area contributed by atoms with Crippen molar-refractivity contribution in [1.29, 1.82) is 0 Å². The highest BCUT2D eigenvalue weighted by molar-refractivity contribution is 8.02. The summed E-state index contributed by atoms with van der Waals surface area (Å²) in [5, 5.41) is 19.4. The Morgan fingerprint density at radius 2 is 1.14 bits per heavy atom. The molecule has 358 valence electrons. The van der Waals surface area contributed by atoms with Gasteiger partial charge >= 0.3 is 5.97 Å². The van der Waals surface area contributed by atoms with Crippen LogP contribution in [0.1, 0.15) is 154 Å². The number of aliphatic carboxylic acids is 1. The molecule has 2 atom stereocenters. The number of rotatable bonds is 21. The van der Waals surface area contributed by atoms with Gasteiger partial charge in [-0.2, -0.15) is 0 Å². The van der Waals surface area contributed by atoms with Crippen molar-refractivity contribution in [1.82, 2.24) is 9.13 Å². The highest BCUT2D eigenvalue weighted by Gasteiger charge is 2.42. The summed E-state index contributed by atoms with van der Waals surface area (Å²) in [6.45, 7) is 35.6. The Hall–Kier alpha value is -4.89. The maximum atomic E-state index is 13.2. The van der Waals surface area contributed by atoms with Crippen molar-refractivity contribution >= 4 is 74.7 Å². The third kappa shape index (κ3) is 13.4. The zero-order valence-corrected chi connectivity index (χ0v) is 42.7. The van der Waals surface area contributed by atoms with Gasteiger partial charge in [-0.1, -0.05) is 94.9 Å². The SMILES string of the molecule is C=C(O)COc1cccc2c1c(C(=O)C(N)=O)c(C)n2C(C)(CC)CC(C)(C)SC(C)(C)CC(C)(C)SC(C)(C)C.CCC(C)n1c(C)c(C(=O)C(N)=O)c2c(OCC(=O)O)cccc21. The molecule has 0 radical (unpaired) electrons. The minimum atomic E-state index is -1.13. The fourth-order valence-corrected chi connectivity index (χ4v) is 14.2. The predicted octanol–water partition coefficient (Wildman–Crippen LogP) is 10.6. The first kappa shape index (κ1) is 54.4. The first-order valence-corrected chi connectivity index (χ1v) is 23.6. The molecule has 0 fully saturated rings. The number of nitrogens with zero attached hydrogens (tertiary/aromatic N) is 2. The van der Waals surface area contributed by atoms with E-state index >= 15 is 0 Å². The van der Waals surface area contributed by atoms with Crippen molar-refractivity contribution < 1.29 is 43.7 Å². The number of ketones is 2. The Balaban J connectivity index is 0.000000395. The van der Waals surface area contributed by atoms with Gasteiger partial charge in [0.15, 0.2) is 6.61 Å². The summed E-state index contributed by atoms with van der Waals surface area (Å²) in [6.07, 6.45) is 3.49. The number of carbonyl (C=O) groups is 5. The average Bonchev–Trinajstić information content (AvgIpc) is 3.63. The summed E-state index contributed by atoms with van der Waals surface area (Å²) in [5.41, 5.74) is 13.5. The lowest BCUT2D eigenvalue weighted by atomic mass is 9.87. The van der Waals surface area contributed by atoms with Gasteiger partial charge in [0.1, 0.15) is 23.9 Å². The number of primary amides is 2. The molecule has 65 heavy (non-hydrogen) atoms. The van der Waals surface area contributed by atoms with Crippen LogP contribution in [-0.2, 0) is 19.9 Å². The quantitative estimate of drug-likeness (QED) is 0.0351. The lowest BCUT2D eigenvalue weighted by Gasteiger charge is -2.45. The maximum Gasteiger partial charge on any atom is 0.341 e. The standard InChI is InChI=1S/C33H52N2O4S2.C17H20N2O5/c1-14-33(13,20-32(11,12)41-31(9,10)19-30(7,8)40-29(4,5)6)35-22(3)25(27(37)28(34)38)26-23(35)16-15-17-24(26)39-18-21(2)36;1-4-9(2)19-10(3)14(16(22)17(18)23)15-11(19)6-5-7-12(15)24-8-13(20)21/h15-17,36H,2,14,18-20H2,1,3-13H3,(H2,34,38);5-7,9H,4,8H2,1-3H3,(H2,18,23)(H,20,21). The second kappa shape index (κ2) is 20.7. The van der Waals surface area contributed by atoms with Gasteiger partial charge in [-0.25, -0.2) is 4.79 Å². The Bertz CT molecular complexity index is 2450. The summed E-state index contributed by atoms with van der Waals surface area (Å²) >= 11 is 4.03. The van der Waals surface area contributed by atoms with Crippen molar-refractivity contribution in [2.45, 2.75) is 160 Å². The molecule has 4 aromatic rings. The summed E-state index contributed by atoms with van der Waals surface area (Å²) in [7, 11) is 0. The van der Waals surface area contributed by atoms with E-state index in [1.54, 1.807) is 31.2 Å². The number of carboxylic acid groups (broad SMARTS) is 1. The molecule has 0 aliphatic heterocycles. The van der Waals surface area contributed by atoms with Gasteiger partial charge in [-0.05, 0) is 77.6 Å². The molecule has 0 saturated carbocycles. The molecule has 0 bridgehead atoms. The summed E-state index contributed by atoms with van der Waals surface area (Å²) in [6, 6.07) is 10.7. The van der Waals surface area contributed by atoms with Crippen LogP contribution in [0.15, 0.2) is 48.7 Å². The molecule has 6 N–H and O–H groups in total. The van der Waals surface area contributed by atoms with Crippen molar-refractivity contribution in [3.05, 3.63) is 71.3 Å². The van der Waals surface area contributed by atoms with Crippen LogP contribution >= 0.6 is 23.5 Å². The number of aliphatic hydroxyl groups excluding tert-OH is 1. The number of hydrogen-bond acceptors (Lipinski definition) is 10. The zero-order valence-electron chi connectivity index (χ0n) is 41.1. The minimum absolute atomic E-state index is 0.0223. The van der Waals surface area contributed by atoms with E-state index in [-0.39, 0.29) is 59.8 Å². The van der Waals surface area contributed by atoms with Gasteiger partial charge in [-0.3, -0.25) is 19.2 Å². The number of ether oxygens (including phenoxy) is 2. The average molecular weight is 937 g/mol. The van der Waals surface area contributed by atoms with Crippen molar-refractivity contribution in [3.63, 3.8) is 0 Å². The van der Waals surface area contributed by atoms with Crippen molar-refractivity contribution in [2.75, 3.05) is 13.2 Å². The predicted molar refractivity (Wildman–Crippen MR) is 266 cm³/mol. The number of aliphatic hydroxyl groups is 1. The van der Waals surface area contributed by atoms with Crippen molar-refractivity contribution in [2.24, 2.45) is 11.5 Å². The Morgan fingerprint density at radius 3 is 1.58 bits per heavy atom. The molecule has 15 heteroatoms. The number of amides is 2. The molecule has 13 nitrogen and oxygen atoms in total. The number of fused-ring (bicyclic) bond motifs is 2. The van der Waals surface area contributed by atoms with Crippen LogP contribution in [0.2, 0.25) is 0 Å². The van der Waals surface area contributed by atoms with Gasteiger partial charge in [0, 0.05) is 42.0 Å². The fraction of sp³-hybridized carbons (Fsp3) is 0.540. The van der Waals surface area contributed by atoms with E-state index in [4.69, 9.17) is 26.0 Å². The van der Waals surface area contributed by atoms with E-state index in [0.717, 1.165) is 31.2 Å². The largest absolute Gasteiger partial charge is 0.509 e. The van der Waals surface area contributed by atoms with Crippen LogP contribution in [-0.4, -0.2) is 80.9 Å². The normalized spacial score (nSPS) is 13.7. The number of hydrogen-bond donors (Lipinski definition) is 4. The van der Waals surface area contributed by atoms with Gasteiger partial charge in [0.25, 0.3) is 23.4 Å². The molecule has 2 aromatic carbocycles. The van der Waals surface area contributed by atoms with Gasteiger partial charge in [-0.15, -0.1) is 23.5 Å². The maximum absolute atomic E-state index is 13.2. The number of nitrogens with two attached hydrogens (primary N) is 2. The van der Waals surface area contributed by atoms with Gasteiger partial charge < -0.3 is 40.3 Å². The van der Waals surface area contributed by atoms with Crippen LogP contribution in [0.4, 0.5) is 0 Å². The van der Waals surface area contributed by atoms with Gasteiger partial charge in [0.05, 0.1) is 32.9 Å². The van der Waals surface area contributed by atoms with E-state index in [9.17, 15) is 29.1 Å². The number of carboxylic acids is 1. The number of Topliss-reactive ketones (excluding diaryl/α,β-unsaturated/α-hetero) is 2. The topological polar surface area (TPSA) is 206 Å². The van der Waals surface area contributed by atoms with Crippen LogP contribution < -0.4 is 20.9 Å².